The fourth-order valence-corrected chi connectivity index (χ4v) is 3.84. The molecule has 0 unspecified atom stereocenters. The summed E-state index contributed by atoms with van der Waals surface area (Å²) in [6, 6.07) is 12.4. The van der Waals surface area contributed by atoms with Crippen LogP contribution in [-0.4, -0.2) is 35.8 Å². The van der Waals surface area contributed by atoms with Crippen molar-refractivity contribution < 1.29 is 18.8 Å². The zero-order chi connectivity index (χ0) is 19.7. The molecule has 2 aromatic rings. The zero-order valence-electron chi connectivity index (χ0n) is 15.2. The van der Waals surface area contributed by atoms with Crippen molar-refractivity contribution in [3.8, 4) is 0 Å². The van der Waals surface area contributed by atoms with E-state index in [1.807, 2.05) is 6.07 Å². The van der Waals surface area contributed by atoms with Gasteiger partial charge in [0, 0.05) is 17.8 Å². The van der Waals surface area contributed by atoms with Crippen molar-refractivity contribution in [1.82, 2.24) is 10.2 Å². The molecule has 0 saturated carbocycles. The summed E-state index contributed by atoms with van der Waals surface area (Å²) in [5, 5.41) is 2.23. The van der Waals surface area contributed by atoms with E-state index in [2.05, 4.69) is 5.32 Å². The number of nitrogens with one attached hydrogen (secondary N) is 1. The number of amides is 4. The normalized spacial score (nSPS) is 19.7. The molecule has 2 aliphatic rings. The topological polar surface area (TPSA) is 69.7 Å². The number of likely N-dealkylation sites (tertiary alicyclic amines) is 1. The molecule has 28 heavy (non-hydrogen) atoms. The Balaban J connectivity index is 1.55. The molecule has 2 heterocycles. The average molecular weight is 381 g/mol. The number of nitrogens with zero attached hydrogens (tertiary/aromatic N) is 2. The van der Waals surface area contributed by atoms with Gasteiger partial charge >= 0.3 is 6.03 Å². The first-order valence-electron chi connectivity index (χ1n) is 9.31. The second-order valence-corrected chi connectivity index (χ2v) is 7.05. The number of benzene rings is 2. The van der Waals surface area contributed by atoms with Crippen molar-refractivity contribution in [3.05, 3.63) is 65.5 Å². The molecular formula is C21H20FN3O3. The number of imide groups is 1. The number of anilines is 1. The van der Waals surface area contributed by atoms with E-state index in [-0.39, 0.29) is 30.2 Å². The first kappa shape index (κ1) is 18.2. The Kier molecular flexibility index (Phi) is 4.81. The SMILES string of the molecule is O=C1CN(c2ccc(C(=O)N3CCCC[C@@H]3c3cccc(F)c3)cc2)C(=O)N1. The van der Waals surface area contributed by atoms with Gasteiger partial charge in [-0.3, -0.25) is 19.8 Å². The number of carbonyl (C=O) groups is 3. The standard InChI is InChI=1S/C21H20FN3O3/c22-16-5-3-4-15(12-16)18-6-1-2-11-24(18)20(27)14-7-9-17(10-8-14)25-13-19(26)23-21(25)28/h3-5,7-10,12,18H,1-2,6,11,13H2,(H,23,26,28)/t18-/m1/s1. The highest BCUT2D eigenvalue weighted by molar-refractivity contribution is 6.12. The van der Waals surface area contributed by atoms with Crippen molar-refractivity contribution in [2.45, 2.75) is 25.3 Å². The van der Waals surface area contributed by atoms with Crippen LogP contribution in [0.1, 0.15) is 41.2 Å². The van der Waals surface area contributed by atoms with Gasteiger partial charge in [-0.1, -0.05) is 12.1 Å². The molecule has 7 heteroatoms. The molecular weight excluding hydrogens is 361 g/mol. The van der Waals surface area contributed by atoms with E-state index in [0.29, 0.717) is 17.8 Å². The van der Waals surface area contributed by atoms with Crippen LogP contribution in [0.2, 0.25) is 0 Å². The Labute approximate surface area is 161 Å². The minimum Gasteiger partial charge on any atom is -0.332 e. The third kappa shape index (κ3) is 3.47. The van der Waals surface area contributed by atoms with E-state index in [9.17, 15) is 18.8 Å². The molecule has 144 valence electrons. The first-order valence-corrected chi connectivity index (χ1v) is 9.31. The molecule has 1 N–H and O–H groups in total. The van der Waals surface area contributed by atoms with Crippen molar-refractivity contribution in [2.24, 2.45) is 0 Å². The second kappa shape index (κ2) is 7.42. The van der Waals surface area contributed by atoms with Crippen LogP contribution in [0.15, 0.2) is 48.5 Å². The van der Waals surface area contributed by atoms with E-state index >= 15 is 0 Å². The average Bonchev–Trinajstić information content (AvgIpc) is 3.05. The molecule has 0 radical (unpaired) electrons. The Hall–Kier alpha value is -3.22. The number of hydrogen-bond donors (Lipinski definition) is 1. The highest BCUT2D eigenvalue weighted by atomic mass is 19.1. The van der Waals surface area contributed by atoms with E-state index in [0.717, 1.165) is 24.8 Å². The molecule has 4 rings (SSSR count). The third-order valence-electron chi connectivity index (χ3n) is 5.22. The van der Waals surface area contributed by atoms with Gasteiger partial charge < -0.3 is 4.90 Å². The fourth-order valence-electron chi connectivity index (χ4n) is 3.84. The molecule has 0 aliphatic carbocycles. The van der Waals surface area contributed by atoms with Crippen molar-refractivity contribution in [3.63, 3.8) is 0 Å². The van der Waals surface area contributed by atoms with Gasteiger partial charge in [0.1, 0.15) is 12.4 Å². The fraction of sp³-hybridized carbons (Fsp3) is 0.286. The first-order chi connectivity index (χ1) is 13.5. The monoisotopic (exact) mass is 381 g/mol. The maximum atomic E-state index is 13.7. The highest BCUT2D eigenvalue weighted by Crippen LogP contribution is 2.32. The van der Waals surface area contributed by atoms with Crippen molar-refractivity contribution in [1.29, 1.82) is 0 Å². The summed E-state index contributed by atoms with van der Waals surface area (Å²) in [6.07, 6.45) is 2.69. The number of urea groups is 1. The molecule has 4 amide bonds. The number of piperidine rings is 1. The van der Waals surface area contributed by atoms with Gasteiger partial charge in [-0.25, -0.2) is 9.18 Å². The Bertz CT molecular complexity index is 929. The van der Waals surface area contributed by atoms with Crippen LogP contribution in [0.4, 0.5) is 14.9 Å². The number of halogens is 1. The number of carbonyl (C=O) groups excluding carboxylic acids is 3. The summed E-state index contributed by atoms with van der Waals surface area (Å²) >= 11 is 0. The van der Waals surface area contributed by atoms with Gasteiger partial charge in [-0.15, -0.1) is 0 Å². The summed E-state index contributed by atoms with van der Waals surface area (Å²) < 4.78 is 13.7. The predicted octanol–water partition coefficient (Wildman–Crippen LogP) is 3.25. The van der Waals surface area contributed by atoms with Crippen LogP contribution in [0.25, 0.3) is 0 Å². The summed E-state index contributed by atoms with van der Waals surface area (Å²) in [5.74, 6) is -0.780. The lowest BCUT2D eigenvalue weighted by atomic mass is 9.94. The van der Waals surface area contributed by atoms with E-state index in [1.54, 1.807) is 35.2 Å². The maximum Gasteiger partial charge on any atom is 0.329 e. The molecule has 1 atom stereocenters. The van der Waals surface area contributed by atoms with Gasteiger partial charge in [0.15, 0.2) is 0 Å². The van der Waals surface area contributed by atoms with Crippen LogP contribution in [0.5, 0.6) is 0 Å². The summed E-state index contributed by atoms with van der Waals surface area (Å²) in [7, 11) is 0. The Morgan fingerprint density at radius 1 is 1.07 bits per heavy atom. The zero-order valence-corrected chi connectivity index (χ0v) is 15.2. The molecule has 6 nitrogen and oxygen atoms in total. The van der Waals surface area contributed by atoms with Gasteiger partial charge in [-0.2, -0.15) is 0 Å². The molecule has 0 aromatic heterocycles. The van der Waals surface area contributed by atoms with E-state index < -0.39 is 6.03 Å². The molecule has 2 saturated heterocycles. The quantitative estimate of drug-likeness (QED) is 0.830. The summed E-state index contributed by atoms with van der Waals surface area (Å²) in [4.78, 5) is 39.3. The Morgan fingerprint density at radius 3 is 2.54 bits per heavy atom. The maximum absolute atomic E-state index is 13.7. The van der Waals surface area contributed by atoms with Gasteiger partial charge in [0.2, 0.25) is 5.91 Å². The van der Waals surface area contributed by atoms with Crippen LogP contribution >= 0.6 is 0 Å². The van der Waals surface area contributed by atoms with Crippen LogP contribution in [0.3, 0.4) is 0 Å². The number of hydrogen-bond acceptors (Lipinski definition) is 3. The lowest BCUT2D eigenvalue weighted by Gasteiger charge is -2.36. The second-order valence-electron chi connectivity index (χ2n) is 7.05. The van der Waals surface area contributed by atoms with Crippen LogP contribution in [-0.2, 0) is 4.79 Å². The molecule has 2 aliphatic heterocycles. The lowest BCUT2D eigenvalue weighted by Crippen LogP contribution is -2.38. The molecule has 0 bridgehead atoms. The largest absolute Gasteiger partial charge is 0.332 e. The van der Waals surface area contributed by atoms with Gasteiger partial charge in [0.25, 0.3) is 5.91 Å². The van der Waals surface area contributed by atoms with Crippen molar-refractivity contribution in [2.75, 3.05) is 18.0 Å². The smallest absolute Gasteiger partial charge is 0.329 e. The predicted molar refractivity (Wildman–Crippen MR) is 101 cm³/mol. The van der Waals surface area contributed by atoms with E-state index in [1.165, 1.54) is 17.0 Å². The van der Waals surface area contributed by atoms with Gasteiger partial charge in [-0.05, 0) is 61.2 Å². The Morgan fingerprint density at radius 2 is 1.86 bits per heavy atom. The van der Waals surface area contributed by atoms with Crippen LogP contribution in [0, 0.1) is 5.82 Å². The minimum absolute atomic E-state index is 0.0279. The molecule has 2 fully saturated rings. The van der Waals surface area contributed by atoms with E-state index in [4.69, 9.17) is 0 Å². The van der Waals surface area contributed by atoms with Gasteiger partial charge in [0.05, 0.1) is 6.04 Å². The number of rotatable bonds is 3. The molecule has 2 aromatic carbocycles. The lowest BCUT2D eigenvalue weighted by molar-refractivity contribution is -0.117. The minimum atomic E-state index is -0.466. The third-order valence-corrected chi connectivity index (χ3v) is 5.22. The molecule has 0 spiro atoms. The summed E-state index contributed by atoms with van der Waals surface area (Å²) in [6.45, 7) is 0.588. The van der Waals surface area contributed by atoms with Crippen LogP contribution < -0.4 is 10.2 Å². The van der Waals surface area contributed by atoms with Crippen molar-refractivity contribution >= 4 is 23.5 Å². The highest BCUT2D eigenvalue weighted by Gasteiger charge is 2.30. The summed E-state index contributed by atoms with van der Waals surface area (Å²) in [5.41, 5.74) is 1.86.